The Bertz CT molecular complexity index is 595. The number of nitrogens with zero attached hydrogens (tertiary/aromatic N) is 6. The van der Waals surface area contributed by atoms with Crippen molar-refractivity contribution in [2.24, 2.45) is 0 Å². The molecule has 21 heavy (non-hydrogen) atoms. The van der Waals surface area contributed by atoms with E-state index in [1.165, 1.54) is 0 Å². The molecule has 2 aromatic rings. The van der Waals surface area contributed by atoms with E-state index in [9.17, 15) is 8.78 Å². The van der Waals surface area contributed by atoms with Crippen molar-refractivity contribution in [3.05, 3.63) is 18.0 Å². The summed E-state index contributed by atoms with van der Waals surface area (Å²) in [5, 5.41) is 11.5. The van der Waals surface area contributed by atoms with Crippen LogP contribution in [0.1, 0.15) is 26.1 Å². The van der Waals surface area contributed by atoms with Gasteiger partial charge in [0.2, 0.25) is 5.82 Å². The van der Waals surface area contributed by atoms with Gasteiger partial charge in [0.15, 0.2) is 5.65 Å². The maximum absolute atomic E-state index is 12.9. The van der Waals surface area contributed by atoms with Gasteiger partial charge in [0.25, 0.3) is 6.43 Å². The van der Waals surface area contributed by atoms with Crippen LogP contribution in [0.25, 0.3) is 5.65 Å². The second-order valence-corrected chi connectivity index (χ2v) is 5.41. The molecule has 2 heterocycles. The molecule has 0 unspecified atom stereocenters. The zero-order chi connectivity index (χ0) is 15.6. The molecule has 0 spiro atoms. The molecule has 0 bridgehead atoms. The first-order valence-corrected chi connectivity index (χ1v) is 6.82. The van der Waals surface area contributed by atoms with Crippen molar-refractivity contribution in [2.75, 3.05) is 32.1 Å². The number of hydrogen-bond acceptors (Lipinski definition) is 5. The highest BCUT2D eigenvalue weighted by molar-refractivity contribution is 5.46. The number of fused-ring (bicyclic) bond motifs is 1. The van der Waals surface area contributed by atoms with Crippen molar-refractivity contribution in [1.82, 2.24) is 24.7 Å². The number of aromatic nitrogens is 4. The van der Waals surface area contributed by atoms with Gasteiger partial charge >= 0.3 is 0 Å². The van der Waals surface area contributed by atoms with Gasteiger partial charge in [-0.2, -0.15) is 4.52 Å². The minimum absolute atomic E-state index is 0.210. The Kier molecular flexibility index (Phi) is 4.66. The zero-order valence-corrected chi connectivity index (χ0v) is 12.7. The van der Waals surface area contributed by atoms with E-state index in [0.717, 1.165) is 17.6 Å². The van der Waals surface area contributed by atoms with Crippen LogP contribution in [0.15, 0.2) is 12.1 Å². The largest absolute Gasteiger partial charge is 0.351 e. The predicted molar refractivity (Wildman–Crippen MR) is 76.8 cm³/mol. The molecule has 0 aromatic carbocycles. The quantitative estimate of drug-likeness (QED) is 0.814. The van der Waals surface area contributed by atoms with E-state index in [2.05, 4.69) is 25.1 Å². The van der Waals surface area contributed by atoms with Gasteiger partial charge in [-0.3, -0.25) is 0 Å². The molecule has 0 atom stereocenters. The van der Waals surface area contributed by atoms with Crippen molar-refractivity contribution >= 4 is 11.5 Å². The lowest BCUT2D eigenvalue weighted by Gasteiger charge is -2.29. The number of halogens is 2. The first kappa shape index (κ1) is 15.6. The van der Waals surface area contributed by atoms with Crippen LogP contribution in [0.4, 0.5) is 14.6 Å². The molecule has 0 N–H and O–H groups in total. The van der Waals surface area contributed by atoms with Gasteiger partial charge in [-0.25, -0.2) is 8.78 Å². The van der Waals surface area contributed by atoms with Gasteiger partial charge in [0.1, 0.15) is 5.82 Å². The van der Waals surface area contributed by atoms with E-state index in [-0.39, 0.29) is 6.04 Å². The molecule has 0 aliphatic carbocycles. The van der Waals surface area contributed by atoms with Crippen molar-refractivity contribution in [3.63, 3.8) is 0 Å². The maximum atomic E-state index is 12.9. The van der Waals surface area contributed by atoms with E-state index in [4.69, 9.17) is 0 Å². The van der Waals surface area contributed by atoms with Gasteiger partial charge in [0.05, 0.1) is 0 Å². The molecule has 8 heteroatoms. The molecular weight excluding hydrogens is 278 g/mol. The Hall–Kier alpha value is -1.83. The lowest BCUT2D eigenvalue weighted by atomic mass is 10.3. The normalized spacial score (nSPS) is 12.0. The molecule has 6 nitrogen and oxygen atoms in total. The topological polar surface area (TPSA) is 49.6 Å². The van der Waals surface area contributed by atoms with Gasteiger partial charge in [-0.15, -0.1) is 15.3 Å². The van der Waals surface area contributed by atoms with E-state index in [1.54, 1.807) is 12.1 Å². The Morgan fingerprint density at radius 3 is 2.43 bits per heavy atom. The lowest BCUT2D eigenvalue weighted by Crippen LogP contribution is -2.37. The van der Waals surface area contributed by atoms with E-state index in [1.807, 2.05) is 27.9 Å². The van der Waals surface area contributed by atoms with E-state index in [0.29, 0.717) is 11.5 Å². The fraction of sp³-hybridized carbons (Fsp3) is 0.615. The van der Waals surface area contributed by atoms with Crippen LogP contribution in [0.5, 0.6) is 0 Å². The van der Waals surface area contributed by atoms with Crippen LogP contribution in [0, 0.1) is 0 Å². The van der Waals surface area contributed by atoms with Crippen LogP contribution in [0.3, 0.4) is 0 Å². The average Bonchev–Trinajstić information content (AvgIpc) is 2.81. The third kappa shape index (κ3) is 3.44. The summed E-state index contributed by atoms with van der Waals surface area (Å²) in [6.07, 6.45) is -2.70. The molecule has 2 aromatic heterocycles. The summed E-state index contributed by atoms with van der Waals surface area (Å²) in [6.45, 7) is 5.69. The van der Waals surface area contributed by atoms with Crippen LogP contribution in [-0.2, 0) is 0 Å². The molecule has 0 amide bonds. The highest BCUT2D eigenvalue weighted by Crippen LogP contribution is 2.19. The number of anilines is 1. The number of hydrogen-bond donors (Lipinski definition) is 0. The maximum Gasteiger partial charge on any atom is 0.299 e. The minimum atomic E-state index is -2.70. The van der Waals surface area contributed by atoms with Crippen LogP contribution in [-0.4, -0.2) is 57.9 Å². The summed E-state index contributed by atoms with van der Waals surface area (Å²) in [7, 11) is 3.98. The molecule has 0 saturated heterocycles. The number of alkyl halides is 2. The first-order valence-electron chi connectivity index (χ1n) is 6.82. The second-order valence-electron chi connectivity index (χ2n) is 5.41. The van der Waals surface area contributed by atoms with Gasteiger partial charge in [-0.1, -0.05) is 0 Å². The fourth-order valence-electron chi connectivity index (χ4n) is 2.03. The molecule has 116 valence electrons. The highest BCUT2D eigenvalue weighted by atomic mass is 19.3. The van der Waals surface area contributed by atoms with Crippen LogP contribution < -0.4 is 4.90 Å². The Balaban J connectivity index is 2.36. The Morgan fingerprint density at radius 1 is 1.14 bits per heavy atom. The summed E-state index contributed by atoms with van der Waals surface area (Å²) in [5.74, 6) is 0.212. The average molecular weight is 298 g/mol. The molecule has 0 aliphatic heterocycles. The highest BCUT2D eigenvalue weighted by Gasteiger charge is 2.19. The molecular formula is C13H20F2N6. The van der Waals surface area contributed by atoms with Gasteiger partial charge in [0, 0.05) is 19.1 Å². The Morgan fingerprint density at radius 2 is 1.86 bits per heavy atom. The Labute approximate surface area is 122 Å². The third-order valence-electron chi connectivity index (χ3n) is 3.17. The molecule has 0 radical (unpaired) electrons. The predicted octanol–water partition coefficient (Wildman–Crippen LogP) is 1.84. The summed E-state index contributed by atoms with van der Waals surface area (Å²) >= 11 is 0. The molecule has 0 aliphatic rings. The zero-order valence-electron chi connectivity index (χ0n) is 12.7. The van der Waals surface area contributed by atoms with E-state index < -0.39 is 12.2 Å². The summed E-state index contributed by atoms with van der Waals surface area (Å²) in [6, 6.07) is 3.66. The third-order valence-corrected chi connectivity index (χ3v) is 3.17. The number of likely N-dealkylation sites (N-methyl/N-ethyl adjacent to an activating group) is 1. The minimum Gasteiger partial charge on any atom is -0.351 e. The standard InChI is InChI=1S/C13H20F2N6/c1-9(2)20(8-7-19(3)4)11-6-5-10-16-17-13(12(14)15)21(10)18-11/h5-6,9,12H,7-8H2,1-4H3. The lowest BCUT2D eigenvalue weighted by molar-refractivity contribution is 0.137. The van der Waals surface area contributed by atoms with Crippen molar-refractivity contribution in [2.45, 2.75) is 26.3 Å². The fourth-order valence-corrected chi connectivity index (χ4v) is 2.03. The number of rotatable bonds is 6. The summed E-state index contributed by atoms with van der Waals surface area (Å²) < 4.78 is 26.9. The van der Waals surface area contributed by atoms with Crippen LogP contribution >= 0.6 is 0 Å². The van der Waals surface area contributed by atoms with E-state index >= 15 is 0 Å². The van der Waals surface area contributed by atoms with Crippen molar-refractivity contribution < 1.29 is 8.78 Å². The van der Waals surface area contributed by atoms with Gasteiger partial charge < -0.3 is 9.80 Å². The molecule has 0 saturated carbocycles. The SMILES string of the molecule is CC(C)N(CCN(C)C)c1ccc2nnc(C(F)F)n2n1. The van der Waals surface area contributed by atoms with Crippen molar-refractivity contribution in [3.8, 4) is 0 Å². The smallest absolute Gasteiger partial charge is 0.299 e. The van der Waals surface area contributed by atoms with Crippen LogP contribution in [0.2, 0.25) is 0 Å². The molecule has 0 fully saturated rings. The molecule has 2 rings (SSSR count). The first-order chi connectivity index (χ1) is 9.90. The monoisotopic (exact) mass is 298 g/mol. The summed E-state index contributed by atoms with van der Waals surface area (Å²) in [4.78, 5) is 4.13. The van der Waals surface area contributed by atoms with Crippen molar-refractivity contribution in [1.29, 1.82) is 0 Å². The van der Waals surface area contributed by atoms with Gasteiger partial charge in [-0.05, 0) is 40.1 Å². The summed E-state index contributed by atoms with van der Waals surface area (Å²) in [5.41, 5.74) is 0.324. The second kappa shape index (κ2) is 6.30.